The summed E-state index contributed by atoms with van der Waals surface area (Å²) in [7, 11) is 0. The average molecular weight is 1040 g/mol. The highest BCUT2D eigenvalue weighted by Gasteiger charge is 2.38. The highest BCUT2D eigenvalue weighted by Crippen LogP contribution is 2.20. The van der Waals surface area contributed by atoms with Gasteiger partial charge in [-0.3, -0.25) is 43.2 Å². The van der Waals surface area contributed by atoms with E-state index in [9.17, 15) is 53.1 Å². The smallest absolute Gasteiger partial charge is 0.329 e. The van der Waals surface area contributed by atoms with Crippen molar-refractivity contribution in [1.82, 2.24) is 37.2 Å². The third kappa shape index (κ3) is 27.0. The maximum absolute atomic E-state index is 14.3. The lowest BCUT2D eigenvalue weighted by Gasteiger charge is -2.30. The van der Waals surface area contributed by atoms with E-state index in [1.165, 1.54) is 6.42 Å². The van der Waals surface area contributed by atoms with Gasteiger partial charge < -0.3 is 52.8 Å². The van der Waals surface area contributed by atoms with E-state index in [1.807, 2.05) is 34.6 Å². The number of cyclic esters (lactones) is 1. The number of aliphatic carboxylic acids is 1. The van der Waals surface area contributed by atoms with E-state index in [0.29, 0.717) is 18.8 Å². The summed E-state index contributed by atoms with van der Waals surface area (Å²) in [5.74, 6) is -9.76. The first-order valence-corrected chi connectivity index (χ1v) is 27.0. The second-order valence-electron chi connectivity index (χ2n) is 22.2. The Labute approximate surface area is 434 Å². The van der Waals surface area contributed by atoms with Gasteiger partial charge in [0.05, 0.1) is 12.8 Å². The number of carboxylic acid groups (broad SMARTS) is 1. The van der Waals surface area contributed by atoms with Gasteiger partial charge in [0.25, 0.3) is 0 Å². The number of primary amides is 1. The molecule has 9 atom stereocenters. The van der Waals surface area contributed by atoms with Crippen molar-refractivity contribution in [3.63, 3.8) is 0 Å². The fraction of sp³-hybridized carbons (Fsp3) is 0.811. The van der Waals surface area contributed by atoms with Crippen molar-refractivity contribution in [3.05, 3.63) is 0 Å². The summed E-state index contributed by atoms with van der Waals surface area (Å²) >= 11 is 0. The molecule has 0 saturated carbocycles. The summed E-state index contributed by atoms with van der Waals surface area (Å²) < 4.78 is 6.08. The van der Waals surface area contributed by atoms with Crippen LogP contribution in [0.2, 0.25) is 0 Å². The first kappa shape index (κ1) is 65.7. The number of rotatable bonds is 24. The Morgan fingerprint density at radius 3 is 1.40 bits per heavy atom. The standard InChI is InChI=1S/C53H94N8O12/c1-13-35(12)46-53(72)73-36(22-20-18-16-14-15-17-19-21-30(2)3)28-43(63)55-37(23-24-42(54)62)47(66)56-38(25-31(4)5)48(67)57-39(26-32(6)7)50(69)60-45(34(10)11)52(71)59-41(29-44(64)65)49(68)58-40(27-33(8)9)51(70)61-46/h30-41,45-46H,13-29H2,1-12H3,(H2,54,62)(H,55,63)(H,56,66)(H,57,67)(H,58,68)(H,59,71)(H,60,69)(H,61,70)(H,64,65)/t35-,36?,37-,38-,39-,40-,41-,45-,46-/m0/s1. The summed E-state index contributed by atoms with van der Waals surface area (Å²) in [6, 6.07) is -9.49. The molecule has 0 spiro atoms. The molecule has 0 aromatic carbocycles. The molecule has 1 aliphatic heterocycles. The monoisotopic (exact) mass is 1030 g/mol. The van der Waals surface area contributed by atoms with Crippen LogP contribution in [-0.2, 0) is 52.7 Å². The third-order valence-electron chi connectivity index (χ3n) is 12.9. The van der Waals surface area contributed by atoms with E-state index in [1.54, 1.807) is 34.6 Å². The number of esters is 1. The highest BCUT2D eigenvalue weighted by atomic mass is 16.5. The minimum Gasteiger partial charge on any atom is -0.481 e. The number of carboxylic acids is 1. The Morgan fingerprint density at radius 2 is 0.959 bits per heavy atom. The summed E-state index contributed by atoms with van der Waals surface area (Å²) in [5, 5.41) is 28.5. The van der Waals surface area contributed by atoms with Gasteiger partial charge in [0, 0.05) is 6.42 Å². The minimum absolute atomic E-state index is 0.0459. The van der Waals surface area contributed by atoms with Crippen LogP contribution in [0.3, 0.4) is 0 Å². The molecule has 0 bridgehead atoms. The lowest BCUT2D eigenvalue weighted by Crippen LogP contribution is -2.61. The van der Waals surface area contributed by atoms with Gasteiger partial charge in [-0.15, -0.1) is 0 Å². The number of nitrogens with one attached hydrogen (secondary N) is 7. The Kier molecular flexibility index (Phi) is 30.8. The molecule has 0 aromatic rings. The maximum Gasteiger partial charge on any atom is 0.329 e. The van der Waals surface area contributed by atoms with E-state index in [0.717, 1.165) is 38.5 Å². The average Bonchev–Trinajstić information content (AvgIpc) is 3.27. The molecule has 0 radical (unpaired) electrons. The number of unbranched alkanes of at least 4 members (excludes halogenated alkanes) is 6. The van der Waals surface area contributed by atoms with Gasteiger partial charge in [-0.1, -0.05) is 134 Å². The van der Waals surface area contributed by atoms with E-state index in [2.05, 4.69) is 51.1 Å². The van der Waals surface area contributed by atoms with Crippen LogP contribution < -0.4 is 43.0 Å². The summed E-state index contributed by atoms with van der Waals surface area (Å²) in [6.07, 6.45) is 5.88. The second-order valence-corrected chi connectivity index (χ2v) is 22.2. The van der Waals surface area contributed by atoms with Crippen molar-refractivity contribution in [3.8, 4) is 0 Å². The molecule has 10 N–H and O–H groups in total. The van der Waals surface area contributed by atoms with E-state index in [-0.39, 0.29) is 56.3 Å². The molecule has 1 unspecified atom stereocenters. The molecule has 8 amide bonds. The first-order chi connectivity index (χ1) is 34.1. The molecule has 1 aliphatic rings. The molecule has 20 nitrogen and oxygen atoms in total. The Morgan fingerprint density at radius 1 is 0.534 bits per heavy atom. The summed E-state index contributed by atoms with van der Waals surface area (Å²) in [6.45, 7) is 22.0. The van der Waals surface area contributed by atoms with Gasteiger partial charge in [-0.05, 0) is 74.0 Å². The second kappa shape index (κ2) is 34.2. The maximum atomic E-state index is 14.3. The van der Waals surface area contributed by atoms with Gasteiger partial charge in [0.15, 0.2) is 0 Å². The quantitative estimate of drug-likeness (QED) is 0.0479. The SMILES string of the molecule is CC[C@H](C)[C@@H]1NC(=O)[C@H](CC(C)C)NC(=O)[C@H](CC(=O)O)NC(=O)[C@H](C(C)C)NC(=O)[C@H](CC(C)C)NC(=O)[C@H](CC(C)C)NC(=O)[C@H](CCC(N)=O)NC(=O)CC(CCCCCCCCCC(C)C)OC1=O. The molecule has 0 aromatic heterocycles. The van der Waals surface area contributed by atoms with Crippen LogP contribution >= 0.6 is 0 Å². The fourth-order valence-electron chi connectivity index (χ4n) is 8.55. The number of nitrogens with two attached hydrogens (primary N) is 1. The van der Waals surface area contributed by atoms with Crippen molar-refractivity contribution in [2.24, 2.45) is 41.2 Å². The third-order valence-corrected chi connectivity index (χ3v) is 12.9. The van der Waals surface area contributed by atoms with Gasteiger partial charge in [-0.25, -0.2) is 4.79 Å². The van der Waals surface area contributed by atoms with Gasteiger partial charge in [0.1, 0.15) is 48.4 Å². The predicted octanol–water partition coefficient (Wildman–Crippen LogP) is 4.44. The van der Waals surface area contributed by atoms with Gasteiger partial charge in [0.2, 0.25) is 47.3 Å². The van der Waals surface area contributed by atoms with Gasteiger partial charge >= 0.3 is 11.9 Å². The predicted molar refractivity (Wildman–Crippen MR) is 278 cm³/mol. The summed E-state index contributed by atoms with van der Waals surface area (Å²) in [4.78, 5) is 137. The zero-order chi connectivity index (χ0) is 55.5. The van der Waals surface area contributed by atoms with Crippen LogP contribution in [0.25, 0.3) is 0 Å². The number of carbonyl (C=O) groups is 10. The Balaban J connectivity index is 3.96. The van der Waals surface area contributed by atoms with Crippen LogP contribution in [0.1, 0.15) is 192 Å². The minimum atomic E-state index is -1.72. The lowest BCUT2D eigenvalue weighted by molar-refractivity contribution is -0.156. The molecule has 1 heterocycles. The number of hydrogen-bond acceptors (Lipinski definition) is 11. The molecular formula is C53H94N8O12. The first-order valence-electron chi connectivity index (χ1n) is 27.0. The molecule has 1 rings (SSSR count). The molecule has 73 heavy (non-hydrogen) atoms. The fourth-order valence-corrected chi connectivity index (χ4v) is 8.55. The topological polar surface area (TPSA) is 310 Å². The number of ether oxygens (including phenoxy) is 1. The molecule has 418 valence electrons. The zero-order valence-corrected chi connectivity index (χ0v) is 46.1. The van der Waals surface area contributed by atoms with Crippen molar-refractivity contribution in [2.45, 2.75) is 241 Å². The molecule has 1 saturated heterocycles. The van der Waals surface area contributed by atoms with Crippen LogP contribution in [0, 0.1) is 35.5 Å². The van der Waals surface area contributed by atoms with Crippen LogP contribution in [-0.4, -0.2) is 113 Å². The molecular weight excluding hydrogens is 941 g/mol. The number of amides is 8. The molecule has 20 heteroatoms. The van der Waals surface area contributed by atoms with Crippen molar-refractivity contribution in [1.29, 1.82) is 0 Å². The van der Waals surface area contributed by atoms with Crippen LogP contribution in [0.15, 0.2) is 0 Å². The van der Waals surface area contributed by atoms with Crippen LogP contribution in [0.4, 0.5) is 0 Å². The Hall–Kier alpha value is -5.30. The van der Waals surface area contributed by atoms with Gasteiger partial charge in [-0.2, -0.15) is 0 Å². The number of hydrogen-bond donors (Lipinski definition) is 9. The van der Waals surface area contributed by atoms with Crippen molar-refractivity contribution >= 4 is 59.2 Å². The highest BCUT2D eigenvalue weighted by molar-refractivity contribution is 5.98. The molecule has 0 aliphatic carbocycles. The van der Waals surface area contributed by atoms with Crippen molar-refractivity contribution < 1.29 is 57.8 Å². The zero-order valence-electron chi connectivity index (χ0n) is 46.1. The number of carbonyl (C=O) groups excluding carboxylic acids is 9. The van der Waals surface area contributed by atoms with Crippen molar-refractivity contribution in [2.75, 3.05) is 0 Å². The van der Waals surface area contributed by atoms with E-state index >= 15 is 0 Å². The molecule has 1 fully saturated rings. The summed E-state index contributed by atoms with van der Waals surface area (Å²) in [5.41, 5.74) is 5.49. The van der Waals surface area contributed by atoms with E-state index < -0.39 is 132 Å². The lowest BCUT2D eigenvalue weighted by atomic mass is 9.97. The largest absolute Gasteiger partial charge is 0.481 e. The Bertz CT molecular complexity index is 1810. The van der Waals surface area contributed by atoms with E-state index in [4.69, 9.17) is 10.5 Å². The normalized spacial score (nSPS) is 24.4. The van der Waals surface area contributed by atoms with Crippen LogP contribution in [0.5, 0.6) is 0 Å².